The average molecular weight is 386 g/mol. The fourth-order valence-electron chi connectivity index (χ4n) is 2.79. The number of thiazole rings is 1. The molecule has 0 atom stereocenters. The molecule has 9 heteroatoms. The molecule has 0 bridgehead atoms. The van der Waals surface area contributed by atoms with Crippen LogP contribution in [0.3, 0.4) is 0 Å². The Morgan fingerprint density at radius 2 is 2.00 bits per heavy atom. The third kappa shape index (κ3) is 2.74. The number of amides is 1. The molecular formula is C17H14N4O3S2. The normalized spacial score (nSPS) is 11.3. The Labute approximate surface area is 155 Å². The van der Waals surface area contributed by atoms with Gasteiger partial charge in [-0.3, -0.25) is 18.7 Å². The summed E-state index contributed by atoms with van der Waals surface area (Å²) in [4.78, 5) is 41.8. The standard InChI is InChI=1S/C17H14N4O3S2/c1-2-20-15(23)14-11(7-8-25-14)21(17(20)24)9-13(22)19-16-18-10-5-3-4-6-12(10)26-16/h3-8H,2,9H2,1H3,(H,18,19,22). The third-order valence-electron chi connectivity index (χ3n) is 3.99. The molecule has 0 radical (unpaired) electrons. The Balaban J connectivity index is 1.68. The van der Waals surface area contributed by atoms with Gasteiger partial charge in [-0.2, -0.15) is 0 Å². The smallest absolute Gasteiger partial charge is 0.300 e. The SMILES string of the molecule is CCn1c(=O)c2sccc2n(CC(=O)Nc2nc3ccccc3s2)c1=O. The lowest BCUT2D eigenvalue weighted by Crippen LogP contribution is -2.40. The molecule has 1 N–H and O–H groups in total. The topological polar surface area (TPSA) is 86.0 Å². The summed E-state index contributed by atoms with van der Waals surface area (Å²) in [5.41, 5.74) is 0.493. The summed E-state index contributed by atoms with van der Waals surface area (Å²) in [6, 6.07) is 9.28. The first-order chi connectivity index (χ1) is 12.6. The Hall–Kier alpha value is -2.78. The first-order valence-corrected chi connectivity index (χ1v) is 9.64. The van der Waals surface area contributed by atoms with E-state index in [1.54, 1.807) is 18.4 Å². The van der Waals surface area contributed by atoms with Crippen LogP contribution in [0.25, 0.3) is 20.4 Å². The number of benzene rings is 1. The van der Waals surface area contributed by atoms with E-state index in [0.717, 1.165) is 14.8 Å². The first-order valence-electron chi connectivity index (χ1n) is 7.94. The number of hydrogen-bond acceptors (Lipinski definition) is 6. The molecule has 0 aliphatic carbocycles. The Bertz CT molecular complexity index is 1220. The summed E-state index contributed by atoms with van der Waals surface area (Å²) in [6.45, 7) is 1.81. The molecule has 0 saturated heterocycles. The van der Waals surface area contributed by atoms with Gasteiger partial charge in [-0.05, 0) is 30.5 Å². The molecule has 3 aromatic heterocycles. The summed E-state index contributed by atoms with van der Waals surface area (Å²) in [7, 11) is 0. The summed E-state index contributed by atoms with van der Waals surface area (Å²) in [6.07, 6.45) is 0. The van der Waals surface area contributed by atoms with Crippen LogP contribution >= 0.6 is 22.7 Å². The van der Waals surface area contributed by atoms with Crippen LogP contribution < -0.4 is 16.6 Å². The van der Waals surface area contributed by atoms with E-state index in [4.69, 9.17) is 0 Å². The van der Waals surface area contributed by atoms with Crippen molar-refractivity contribution in [2.24, 2.45) is 0 Å². The minimum atomic E-state index is -0.483. The van der Waals surface area contributed by atoms with Crippen LogP contribution in [0.15, 0.2) is 45.3 Å². The second-order valence-electron chi connectivity index (χ2n) is 5.59. The zero-order valence-electron chi connectivity index (χ0n) is 13.8. The van der Waals surface area contributed by atoms with E-state index in [2.05, 4.69) is 10.3 Å². The molecule has 0 aliphatic heterocycles. The fourth-order valence-corrected chi connectivity index (χ4v) is 4.52. The highest BCUT2D eigenvalue weighted by Gasteiger charge is 2.16. The predicted octanol–water partition coefficient (Wildman–Crippen LogP) is 2.49. The number of nitrogens with one attached hydrogen (secondary N) is 1. The predicted molar refractivity (Wildman–Crippen MR) is 104 cm³/mol. The molecule has 4 aromatic rings. The van der Waals surface area contributed by atoms with Crippen LogP contribution in [0.2, 0.25) is 0 Å². The van der Waals surface area contributed by atoms with Crippen molar-refractivity contribution in [3.63, 3.8) is 0 Å². The molecule has 1 amide bonds. The summed E-state index contributed by atoms with van der Waals surface area (Å²) in [5.74, 6) is -0.361. The third-order valence-corrected chi connectivity index (χ3v) is 5.84. The van der Waals surface area contributed by atoms with Crippen LogP contribution in [-0.4, -0.2) is 20.0 Å². The summed E-state index contributed by atoms with van der Waals surface area (Å²) < 4.78 is 3.92. The highest BCUT2D eigenvalue weighted by atomic mass is 32.1. The molecule has 26 heavy (non-hydrogen) atoms. The number of thiophene rings is 1. The molecule has 132 valence electrons. The number of rotatable bonds is 4. The highest BCUT2D eigenvalue weighted by molar-refractivity contribution is 7.22. The van der Waals surface area contributed by atoms with Crippen molar-refractivity contribution in [3.05, 3.63) is 56.5 Å². The Morgan fingerprint density at radius 3 is 2.77 bits per heavy atom. The van der Waals surface area contributed by atoms with Gasteiger partial charge in [0, 0.05) is 6.54 Å². The Kier molecular flexibility index (Phi) is 4.17. The number of aromatic nitrogens is 3. The number of anilines is 1. The largest absolute Gasteiger partial charge is 0.331 e. The van der Waals surface area contributed by atoms with E-state index < -0.39 is 5.69 Å². The van der Waals surface area contributed by atoms with Crippen LogP contribution in [0.5, 0.6) is 0 Å². The lowest BCUT2D eigenvalue weighted by molar-refractivity contribution is -0.116. The zero-order valence-corrected chi connectivity index (χ0v) is 15.4. The van der Waals surface area contributed by atoms with E-state index in [1.807, 2.05) is 24.3 Å². The minimum absolute atomic E-state index is 0.178. The van der Waals surface area contributed by atoms with Gasteiger partial charge < -0.3 is 5.32 Å². The van der Waals surface area contributed by atoms with Crippen molar-refractivity contribution >= 4 is 54.1 Å². The van der Waals surface area contributed by atoms with Crippen molar-refractivity contribution in [2.75, 3.05) is 5.32 Å². The molecule has 0 unspecified atom stereocenters. The molecule has 0 spiro atoms. The highest BCUT2D eigenvalue weighted by Crippen LogP contribution is 2.25. The molecule has 3 heterocycles. The number of fused-ring (bicyclic) bond motifs is 2. The van der Waals surface area contributed by atoms with E-state index in [9.17, 15) is 14.4 Å². The molecular weight excluding hydrogens is 372 g/mol. The van der Waals surface area contributed by atoms with Crippen LogP contribution in [-0.2, 0) is 17.9 Å². The maximum absolute atomic E-state index is 12.6. The summed E-state index contributed by atoms with van der Waals surface area (Å²) >= 11 is 2.64. The van der Waals surface area contributed by atoms with Crippen LogP contribution in [0.4, 0.5) is 5.13 Å². The van der Waals surface area contributed by atoms with Gasteiger partial charge in [0.1, 0.15) is 11.2 Å². The van der Waals surface area contributed by atoms with Gasteiger partial charge in [-0.1, -0.05) is 23.5 Å². The van der Waals surface area contributed by atoms with Gasteiger partial charge in [0.2, 0.25) is 5.91 Å². The van der Waals surface area contributed by atoms with Gasteiger partial charge in [0.05, 0.1) is 15.7 Å². The number of carbonyl (C=O) groups excluding carboxylic acids is 1. The van der Waals surface area contributed by atoms with E-state index in [1.165, 1.54) is 27.2 Å². The maximum Gasteiger partial charge on any atom is 0.331 e. The van der Waals surface area contributed by atoms with Gasteiger partial charge in [0.15, 0.2) is 5.13 Å². The number of carbonyl (C=O) groups is 1. The minimum Gasteiger partial charge on any atom is -0.300 e. The average Bonchev–Trinajstić information content (AvgIpc) is 3.25. The second-order valence-corrected chi connectivity index (χ2v) is 7.53. The van der Waals surface area contributed by atoms with E-state index in [-0.39, 0.29) is 24.6 Å². The van der Waals surface area contributed by atoms with Crippen molar-refractivity contribution in [3.8, 4) is 0 Å². The van der Waals surface area contributed by atoms with Gasteiger partial charge in [-0.15, -0.1) is 11.3 Å². The van der Waals surface area contributed by atoms with Crippen LogP contribution in [0.1, 0.15) is 6.92 Å². The van der Waals surface area contributed by atoms with Gasteiger partial charge in [-0.25, -0.2) is 9.78 Å². The molecule has 0 saturated carbocycles. The molecule has 0 fully saturated rings. The lowest BCUT2D eigenvalue weighted by atomic mass is 10.3. The van der Waals surface area contributed by atoms with Crippen LogP contribution in [0, 0.1) is 0 Å². The molecule has 0 aliphatic rings. The molecule has 4 rings (SSSR count). The van der Waals surface area contributed by atoms with Crippen molar-refractivity contribution in [1.82, 2.24) is 14.1 Å². The molecule has 7 nitrogen and oxygen atoms in total. The second kappa shape index (κ2) is 6.50. The van der Waals surface area contributed by atoms with Gasteiger partial charge in [0.25, 0.3) is 5.56 Å². The zero-order chi connectivity index (χ0) is 18.3. The van der Waals surface area contributed by atoms with Crippen molar-refractivity contribution in [1.29, 1.82) is 0 Å². The Morgan fingerprint density at radius 1 is 1.19 bits per heavy atom. The lowest BCUT2D eigenvalue weighted by Gasteiger charge is -2.10. The monoisotopic (exact) mass is 386 g/mol. The van der Waals surface area contributed by atoms with Crippen molar-refractivity contribution in [2.45, 2.75) is 20.0 Å². The van der Waals surface area contributed by atoms with Gasteiger partial charge >= 0.3 is 5.69 Å². The van der Waals surface area contributed by atoms with Crippen molar-refractivity contribution < 1.29 is 4.79 Å². The number of hydrogen-bond donors (Lipinski definition) is 1. The first kappa shape index (κ1) is 16.7. The number of para-hydroxylation sites is 1. The fraction of sp³-hybridized carbons (Fsp3) is 0.176. The number of nitrogens with zero attached hydrogens (tertiary/aromatic N) is 3. The maximum atomic E-state index is 12.6. The van der Waals surface area contributed by atoms with E-state index in [0.29, 0.717) is 15.3 Å². The molecule has 1 aromatic carbocycles. The van der Waals surface area contributed by atoms with E-state index >= 15 is 0 Å². The quantitative estimate of drug-likeness (QED) is 0.584. The summed E-state index contributed by atoms with van der Waals surface area (Å²) in [5, 5.41) is 4.97.